The molecule has 0 amide bonds. The predicted molar refractivity (Wildman–Crippen MR) is 102 cm³/mol. The van der Waals surface area contributed by atoms with Crippen LogP contribution in [0.25, 0.3) is 0 Å². The summed E-state index contributed by atoms with van der Waals surface area (Å²) in [5, 5.41) is 0. The monoisotopic (exact) mass is 348 g/mol. The van der Waals surface area contributed by atoms with Crippen molar-refractivity contribution in [1.29, 1.82) is 0 Å². The zero-order valence-electron chi connectivity index (χ0n) is 15.1. The summed E-state index contributed by atoms with van der Waals surface area (Å²) >= 11 is 1.41. The fraction of sp³-hybridized carbons (Fsp3) is 1.00. The first-order valence-electron chi connectivity index (χ1n) is 8.27. The first kappa shape index (κ1) is 30.8. The van der Waals surface area contributed by atoms with E-state index in [9.17, 15) is 0 Å². The van der Waals surface area contributed by atoms with E-state index in [2.05, 4.69) is 18.2 Å². The molecule has 6 nitrogen and oxygen atoms in total. The van der Waals surface area contributed by atoms with E-state index in [0.717, 1.165) is 0 Å². The van der Waals surface area contributed by atoms with Crippen LogP contribution < -0.4 is 11.3 Å². The van der Waals surface area contributed by atoms with Crippen molar-refractivity contribution < 1.29 is 17.5 Å². The molecular weight excluding hydrogens is 313 g/mol. The molecule has 0 aromatic heterocycles. The van der Waals surface area contributed by atoms with E-state index in [1.54, 1.807) is 0 Å². The second kappa shape index (κ2) is 29.9. The molecule has 0 aliphatic heterocycles. The molecule has 0 aromatic rings. The maximum absolute atomic E-state index is 8.74. The Morgan fingerprint density at radius 2 is 1.00 bits per heavy atom. The molecule has 0 atom stereocenters. The fourth-order valence-electron chi connectivity index (χ4n) is 1.74. The van der Waals surface area contributed by atoms with Crippen molar-refractivity contribution in [3.63, 3.8) is 0 Å². The second-order valence-electron chi connectivity index (χ2n) is 4.63. The van der Waals surface area contributed by atoms with Gasteiger partial charge in [-0.3, -0.25) is 9.11 Å². The van der Waals surface area contributed by atoms with Crippen molar-refractivity contribution in [3.05, 3.63) is 0 Å². The van der Waals surface area contributed by atoms with Crippen molar-refractivity contribution in [2.24, 2.45) is 11.3 Å². The van der Waals surface area contributed by atoms with E-state index in [1.165, 1.54) is 112 Å². The molecule has 0 spiro atoms. The largest absolute Gasteiger partial charge is 0.394 e. The molecule has 0 bridgehead atoms. The molecule has 0 fully saturated rings. The molecule has 0 radical (unpaired) electrons. The summed E-state index contributed by atoms with van der Waals surface area (Å²) in [6.07, 6.45) is 14.7. The van der Waals surface area contributed by atoms with Gasteiger partial charge >= 0.3 is 113 Å². The van der Waals surface area contributed by atoms with E-state index >= 15 is 0 Å². The minimum Gasteiger partial charge on any atom is -0.264 e. The van der Waals surface area contributed by atoms with Gasteiger partial charge in [0.05, 0.1) is 0 Å². The van der Waals surface area contributed by atoms with Crippen LogP contribution in [-0.2, 0) is 10.4 Å². The van der Waals surface area contributed by atoms with Crippen LogP contribution >= 0.6 is 0 Å². The maximum Gasteiger partial charge on any atom is 0.394 e. The number of nitrogens with two attached hydrogens (primary N) is 2. The van der Waals surface area contributed by atoms with Gasteiger partial charge in [-0.1, -0.05) is 0 Å². The van der Waals surface area contributed by atoms with Crippen LogP contribution in [0.2, 0.25) is 3.67 Å². The van der Waals surface area contributed by atoms with E-state index < -0.39 is 10.4 Å². The third kappa shape index (κ3) is 69.6. The standard InChI is InChI=1S/C12H25.2BH4N.Na.H2O4S/c1-3-5-7-9-11-12-10-8-6-4-2;2*1-2;;1-5(2,3)4/h1,3-12H2,2H3;2*1-2H2;;(H2,1,2,3,4). The Labute approximate surface area is 157 Å². The molecule has 0 saturated carbocycles. The van der Waals surface area contributed by atoms with E-state index in [0.29, 0.717) is 0 Å². The van der Waals surface area contributed by atoms with Crippen molar-refractivity contribution in [3.8, 4) is 0 Å². The Kier molecular flexibility index (Phi) is 41.8. The molecule has 22 heavy (non-hydrogen) atoms. The number of hydrogen-bond donors (Lipinski definition) is 4. The quantitative estimate of drug-likeness (QED) is 0.263. The maximum atomic E-state index is 8.74. The normalized spacial score (nSPS) is 9.41. The number of rotatable bonds is 10. The van der Waals surface area contributed by atoms with Crippen molar-refractivity contribution >= 4 is 54.3 Å². The molecule has 0 unspecified atom stereocenters. The van der Waals surface area contributed by atoms with Gasteiger partial charge in [-0.2, -0.15) is 8.42 Å². The van der Waals surface area contributed by atoms with Crippen LogP contribution in [0, 0.1) is 0 Å². The van der Waals surface area contributed by atoms with Crippen LogP contribution in [0.5, 0.6) is 0 Å². The van der Waals surface area contributed by atoms with Crippen LogP contribution in [0.4, 0.5) is 0 Å². The van der Waals surface area contributed by atoms with Gasteiger partial charge in [-0.15, -0.1) is 0 Å². The average Bonchev–Trinajstić information content (AvgIpc) is 2.48. The van der Waals surface area contributed by atoms with Gasteiger partial charge in [0.2, 0.25) is 0 Å². The van der Waals surface area contributed by atoms with Gasteiger partial charge in [-0.25, -0.2) is 0 Å². The van der Waals surface area contributed by atoms with Gasteiger partial charge < -0.3 is 11.3 Å². The Morgan fingerprint density at radius 3 is 1.23 bits per heavy atom. The Morgan fingerprint density at radius 1 is 0.773 bits per heavy atom. The zero-order chi connectivity index (χ0) is 18.3. The minimum absolute atomic E-state index is 1.38. The van der Waals surface area contributed by atoms with E-state index in [4.69, 9.17) is 17.5 Å². The van der Waals surface area contributed by atoms with Gasteiger partial charge in [0.15, 0.2) is 16.0 Å². The van der Waals surface area contributed by atoms with E-state index in [1.807, 2.05) is 0 Å². The summed E-state index contributed by atoms with van der Waals surface area (Å²) < 4.78 is 33.1. The topological polar surface area (TPSA) is 127 Å². The molecular formula is C12H35B2N2NaO4S. The second-order valence-corrected chi connectivity index (χ2v) is 6.53. The predicted octanol–water partition coefficient (Wildman–Crippen LogP) is 0.828. The van der Waals surface area contributed by atoms with Gasteiger partial charge in [0, 0.05) is 0 Å². The summed E-state index contributed by atoms with van der Waals surface area (Å²) in [6, 6.07) is 0. The number of hydrogen-bond acceptors (Lipinski definition) is 4. The van der Waals surface area contributed by atoms with E-state index in [-0.39, 0.29) is 0 Å². The van der Waals surface area contributed by atoms with Crippen LogP contribution in [0.1, 0.15) is 71.1 Å². The van der Waals surface area contributed by atoms with Crippen LogP contribution in [-0.4, -0.2) is 61.4 Å². The van der Waals surface area contributed by atoms with Crippen LogP contribution in [0.3, 0.4) is 0 Å². The third-order valence-corrected chi connectivity index (χ3v) is 3.41. The molecule has 0 aliphatic carbocycles. The fourth-order valence-corrected chi connectivity index (χ4v) is 2.24. The SMILES string of the molecule is BN.BN.CCCCCCCCCCC[CH2][Na].O=S(=O)(O)O. The molecule has 0 rings (SSSR count). The summed E-state index contributed by atoms with van der Waals surface area (Å²) in [7, 11) is -1.67. The number of unbranched alkanes of at least 4 members (excludes halogenated alkanes) is 9. The molecule has 0 heterocycles. The van der Waals surface area contributed by atoms with Crippen LogP contribution in [0.15, 0.2) is 0 Å². The molecule has 10 heteroatoms. The summed E-state index contributed by atoms with van der Waals surface area (Å²) in [4.78, 5) is 0. The van der Waals surface area contributed by atoms with Gasteiger partial charge in [-0.05, 0) is 0 Å². The Bertz CT molecular complexity index is 244. The summed E-state index contributed by atoms with van der Waals surface area (Å²) in [6.45, 7) is 2.29. The first-order chi connectivity index (χ1) is 10.4. The zero-order valence-corrected chi connectivity index (χ0v) is 17.9. The molecule has 130 valence electrons. The summed E-state index contributed by atoms with van der Waals surface area (Å²) in [5.74, 6) is 0. The van der Waals surface area contributed by atoms with Crippen molar-refractivity contribution in [1.82, 2.24) is 0 Å². The molecule has 0 aromatic carbocycles. The van der Waals surface area contributed by atoms with Crippen molar-refractivity contribution in [2.45, 2.75) is 74.8 Å². The smallest absolute Gasteiger partial charge is 0.264 e. The molecule has 6 N–H and O–H groups in total. The Hall–Kier alpha value is 0.920. The minimum atomic E-state index is -4.67. The summed E-state index contributed by atoms with van der Waals surface area (Å²) in [5.41, 5.74) is 9.00. The van der Waals surface area contributed by atoms with Gasteiger partial charge in [0.25, 0.3) is 0 Å². The average molecular weight is 348 g/mol. The Balaban J connectivity index is -0.000000150. The third-order valence-electron chi connectivity index (χ3n) is 2.71. The van der Waals surface area contributed by atoms with Gasteiger partial charge in [0.1, 0.15) is 0 Å². The first-order valence-corrected chi connectivity index (χ1v) is 11.1. The van der Waals surface area contributed by atoms with Crippen molar-refractivity contribution in [2.75, 3.05) is 0 Å². The molecule has 0 aliphatic rings. The molecule has 0 saturated heterocycles.